The summed E-state index contributed by atoms with van der Waals surface area (Å²) in [5.74, 6) is 0.917. The molecule has 1 aliphatic rings. The van der Waals surface area contributed by atoms with E-state index >= 15 is 0 Å². The number of hydrogen-bond acceptors (Lipinski definition) is 3. The fourth-order valence-electron chi connectivity index (χ4n) is 2.88. The van der Waals surface area contributed by atoms with Crippen LogP contribution in [0, 0.1) is 5.41 Å². The van der Waals surface area contributed by atoms with Gasteiger partial charge in [-0.3, -0.25) is 0 Å². The molecule has 1 atom stereocenters. The van der Waals surface area contributed by atoms with E-state index in [2.05, 4.69) is 24.1 Å². The zero-order valence-electron chi connectivity index (χ0n) is 12.2. The summed E-state index contributed by atoms with van der Waals surface area (Å²) in [6.45, 7) is 6.39. The second-order valence-electron chi connectivity index (χ2n) is 6.13. The molecule has 19 heavy (non-hydrogen) atoms. The smallest absolute Gasteiger partial charge is 0.119 e. The van der Waals surface area contributed by atoms with E-state index in [1.807, 2.05) is 26.0 Å². The third kappa shape index (κ3) is 3.71. The standard InChI is InChI=1S/C16H25NO2/c1-13(2)19-15-6-4-14(5-7-15)10-16(12-18)8-9-17(3)11-16/h4-7,13,18H,8-12H2,1-3H3. The van der Waals surface area contributed by atoms with Gasteiger partial charge in [-0.1, -0.05) is 12.1 Å². The highest BCUT2D eigenvalue weighted by Crippen LogP contribution is 2.33. The van der Waals surface area contributed by atoms with Crippen molar-refractivity contribution in [3.63, 3.8) is 0 Å². The zero-order valence-corrected chi connectivity index (χ0v) is 12.2. The van der Waals surface area contributed by atoms with E-state index in [9.17, 15) is 5.11 Å². The molecule has 1 aromatic carbocycles. The summed E-state index contributed by atoms with van der Waals surface area (Å²) in [6.07, 6.45) is 2.22. The van der Waals surface area contributed by atoms with Crippen LogP contribution in [0.5, 0.6) is 5.75 Å². The van der Waals surface area contributed by atoms with Crippen molar-refractivity contribution in [1.29, 1.82) is 0 Å². The lowest BCUT2D eigenvalue weighted by Gasteiger charge is -2.26. The summed E-state index contributed by atoms with van der Waals surface area (Å²) >= 11 is 0. The predicted molar refractivity (Wildman–Crippen MR) is 77.5 cm³/mol. The van der Waals surface area contributed by atoms with Gasteiger partial charge in [-0.25, -0.2) is 0 Å². The van der Waals surface area contributed by atoms with Crippen molar-refractivity contribution in [3.8, 4) is 5.75 Å². The number of benzene rings is 1. The van der Waals surface area contributed by atoms with Gasteiger partial charge in [-0.05, 0) is 58.0 Å². The minimum Gasteiger partial charge on any atom is -0.491 e. The van der Waals surface area contributed by atoms with Crippen LogP contribution in [0.3, 0.4) is 0 Å². The van der Waals surface area contributed by atoms with Gasteiger partial charge in [-0.2, -0.15) is 0 Å². The average Bonchev–Trinajstić information content (AvgIpc) is 2.73. The van der Waals surface area contributed by atoms with Crippen molar-refractivity contribution in [1.82, 2.24) is 4.90 Å². The molecule has 0 spiro atoms. The summed E-state index contributed by atoms with van der Waals surface area (Å²) < 4.78 is 5.65. The van der Waals surface area contributed by atoms with Crippen molar-refractivity contribution < 1.29 is 9.84 Å². The SMILES string of the molecule is CC(C)Oc1ccc(CC2(CO)CCN(C)C2)cc1. The molecule has 0 saturated carbocycles. The lowest BCUT2D eigenvalue weighted by Crippen LogP contribution is -2.31. The fourth-order valence-corrected chi connectivity index (χ4v) is 2.88. The molecule has 1 aromatic rings. The number of nitrogens with zero attached hydrogens (tertiary/aromatic N) is 1. The number of likely N-dealkylation sites (tertiary alicyclic amines) is 1. The third-order valence-corrected chi connectivity index (χ3v) is 3.84. The normalized spacial score (nSPS) is 24.1. The minimum atomic E-state index is 0.0369. The maximum Gasteiger partial charge on any atom is 0.119 e. The number of ether oxygens (including phenoxy) is 1. The van der Waals surface area contributed by atoms with Crippen molar-refractivity contribution >= 4 is 0 Å². The van der Waals surface area contributed by atoms with Crippen LogP contribution in [0.2, 0.25) is 0 Å². The lowest BCUT2D eigenvalue weighted by molar-refractivity contribution is 0.132. The van der Waals surface area contributed by atoms with Gasteiger partial charge in [0, 0.05) is 12.0 Å². The lowest BCUT2D eigenvalue weighted by atomic mass is 9.81. The Morgan fingerprint density at radius 2 is 2.00 bits per heavy atom. The summed E-state index contributed by atoms with van der Waals surface area (Å²) in [4.78, 5) is 2.30. The van der Waals surface area contributed by atoms with Gasteiger partial charge in [-0.15, -0.1) is 0 Å². The maximum atomic E-state index is 9.72. The molecule has 0 aromatic heterocycles. The average molecular weight is 263 g/mol. The second-order valence-corrected chi connectivity index (χ2v) is 6.13. The minimum absolute atomic E-state index is 0.0369. The number of aliphatic hydroxyl groups is 1. The maximum absolute atomic E-state index is 9.72. The van der Waals surface area contributed by atoms with Gasteiger partial charge in [0.15, 0.2) is 0 Å². The Bertz CT molecular complexity index is 402. The molecule has 0 bridgehead atoms. The summed E-state index contributed by atoms with van der Waals surface area (Å²) in [5.41, 5.74) is 1.32. The first-order valence-electron chi connectivity index (χ1n) is 7.08. The van der Waals surface area contributed by atoms with Gasteiger partial charge in [0.2, 0.25) is 0 Å². The van der Waals surface area contributed by atoms with Crippen LogP contribution in [0.15, 0.2) is 24.3 Å². The topological polar surface area (TPSA) is 32.7 Å². The van der Waals surface area contributed by atoms with Crippen molar-refractivity contribution in [3.05, 3.63) is 29.8 Å². The van der Waals surface area contributed by atoms with Gasteiger partial charge < -0.3 is 14.7 Å². The molecule has 0 radical (unpaired) electrons. The molecular weight excluding hydrogens is 238 g/mol. The van der Waals surface area contributed by atoms with Gasteiger partial charge in [0.25, 0.3) is 0 Å². The monoisotopic (exact) mass is 263 g/mol. The molecule has 0 aliphatic carbocycles. The summed E-state index contributed by atoms with van der Waals surface area (Å²) in [7, 11) is 2.12. The Labute approximate surface area is 116 Å². The Morgan fingerprint density at radius 1 is 1.32 bits per heavy atom. The first-order valence-corrected chi connectivity index (χ1v) is 7.08. The predicted octanol–water partition coefficient (Wildman–Crippen LogP) is 2.33. The van der Waals surface area contributed by atoms with Crippen LogP contribution in [0.4, 0.5) is 0 Å². The first-order chi connectivity index (χ1) is 9.03. The molecule has 1 N–H and O–H groups in total. The largest absolute Gasteiger partial charge is 0.491 e. The number of hydrogen-bond donors (Lipinski definition) is 1. The van der Waals surface area contributed by atoms with E-state index in [1.54, 1.807) is 0 Å². The highest BCUT2D eigenvalue weighted by Gasteiger charge is 2.36. The molecule has 1 aliphatic heterocycles. The van der Waals surface area contributed by atoms with Crippen molar-refractivity contribution in [2.75, 3.05) is 26.7 Å². The summed E-state index contributed by atoms with van der Waals surface area (Å²) in [5, 5.41) is 9.72. The van der Waals surface area contributed by atoms with Crippen LogP contribution in [0.1, 0.15) is 25.8 Å². The number of aliphatic hydroxyl groups excluding tert-OH is 1. The van der Waals surface area contributed by atoms with Gasteiger partial charge in [0.1, 0.15) is 5.75 Å². The van der Waals surface area contributed by atoms with Crippen LogP contribution in [0.25, 0.3) is 0 Å². The Hall–Kier alpha value is -1.06. The highest BCUT2D eigenvalue weighted by molar-refractivity contribution is 5.28. The molecule has 1 heterocycles. The molecule has 3 heteroatoms. The Morgan fingerprint density at radius 3 is 2.47 bits per heavy atom. The molecule has 3 nitrogen and oxygen atoms in total. The van der Waals surface area contributed by atoms with E-state index in [0.717, 1.165) is 31.7 Å². The molecule has 106 valence electrons. The van der Waals surface area contributed by atoms with Crippen molar-refractivity contribution in [2.24, 2.45) is 5.41 Å². The van der Waals surface area contributed by atoms with E-state index in [4.69, 9.17) is 4.74 Å². The Balaban J connectivity index is 2.02. The van der Waals surface area contributed by atoms with Crippen LogP contribution in [-0.4, -0.2) is 42.9 Å². The van der Waals surface area contributed by atoms with Crippen LogP contribution < -0.4 is 4.74 Å². The highest BCUT2D eigenvalue weighted by atomic mass is 16.5. The Kier molecular flexibility index (Phi) is 4.48. The first kappa shape index (κ1) is 14.4. The molecule has 1 unspecified atom stereocenters. The van der Waals surface area contributed by atoms with E-state index in [-0.39, 0.29) is 18.1 Å². The summed E-state index contributed by atoms with van der Waals surface area (Å²) in [6, 6.07) is 8.29. The molecule has 2 rings (SSSR count). The van der Waals surface area contributed by atoms with E-state index in [0.29, 0.717) is 0 Å². The molecule has 1 fully saturated rings. The quantitative estimate of drug-likeness (QED) is 0.885. The zero-order chi connectivity index (χ0) is 13.9. The molecule has 1 saturated heterocycles. The molecule has 0 amide bonds. The van der Waals surface area contributed by atoms with E-state index in [1.165, 1.54) is 5.56 Å². The van der Waals surface area contributed by atoms with Crippen LogP contribution in [-0.2, 0) is 6.42 Å². The van der Waals surface area contributed by atoms with Crippen LogP contribution >= 0.6 is 0 Å². The van der Waals surface area contributed by atoms with Crippen molar-refractivity contribution in [2.45, 2.75) is 32.8 Å². The molecular formula is C16H25NO2. The van der Waals surface area contributed by atoms with Gasteiger partial charge in [0.05, 0.1) is 12.7 Å². The number of rotatable bonds is 5. The van der Waals surface area contributed by atoms with E-state index < -0.39 is 0 Å². The van der Waals surface area contributed by atoms with Gasteiger partial charge >= 0.3 is 0 Å². The third-order valence-electron chi connectivity index (χ3n) is 3.84. The fraction of sp³-hybridized carbons (Fsp3) is 0.625. The second kappa shape index (κ2) is 5.93.